The van der Waals surface area contributed by atoms with Crippen molar-refractivity contribution in [2.75, 3.05) is 29.5 Å². The lowest BCUT2D eigenvalue weighted by atomic mass is 9.97. The molecule has 3 rings (SSSR count). The minimum Gasteiger partial charge on any atom is -0.383 e. The smallest absolute Gasteiger partial charge is 0.223 e. The number of anilines is 3. The summed E-state index contributed by atoms with van der Waals surface area (Å²) in [4.78, 5) is 15.1. The molecule has 23 heavy (non-hydrogen) atoms. The highest BCUT2D eigenvalue weighted by atomic mass is 15.2. The van der Waals surface area contributed by atoms with Gasteiger partial charge in [-0.2, -0.15) is 9.97 Å². The summed E-state index contributed by atoms with van der Waals surface area (Å²) in [5.41, 5.74) is 11.5. The van der Waals surface area contributed by atoms with E-state index in [4.69, 9.17) is 11.5 Å². The molecule has 1 aliphatic rings. The molecule has 7 heteroatoms. The Kier molecular flexibility index (Phi) is 4.64. The second kappa shape index (κ2) is 6.85. The Morgan fingerprint density at radius 3 is 2.96 bits per heavy atom. The summed E-state index contributed by atoms with van der Waals surface area (Å²) in [6.07, 6.45) is 8.62. The molecule has 0 aromatic carbocycles. The van der Waals surface area contributed by atoms with Gasteiger partial charge in [0.2, 0.25) is 5.95 Å². The number of hydrogen-bond donors (Lipinski definition) is 2. The third kappa shape index (κ3) is 3.55. The highest BCUT2D eigenvalue weighted by molar-refractivity contribution is 5.50. The van der Waals surface area contributed by atoms with Crippen molar-refractivity contribution in [3.63, 3.8) is 0 Å². The quantitative estimate of drug-likeness (QED) is 0.876. The number of aromatic nitrogens is 4. The van der Waals surface area contributed by atoms with Crippen molar-refractivity contribution in [2.45, 2.75) is 45.1 Å². The zero-order valence-corrected chi connectivity index (χ0v) is 13.6. The fraction of sp³-hybridized carbons (Fsp3) is 0.562. The third-order valence-electron chi connectivity index (χ3n) is 4.36. The third-order valence-corrected chi connectivity index (χ3v) is 4.36. The van der Waals surface area contributed by atoms with E-state index >= 15 is 0 Å². The van der Waals surface area contributed by atoms with Crippen LogP contribution in [0.2, 0.25) is 0 Å². The maximum atomic E-state index is 5.80. The number of aryl methyl sites for hydroxylation is 1. The first kappa shape index (κ1) is 15.6. The van der Waals surface area contributed by atoms with Crippen molar-refractivity contribution in [1.82, 2.24) is 19.5 Å². The summed E-state index contributed by atoms with van der Waals surface area (Å²) in [7, 11) is 0. The van der Waals surface area contributed by atoms with Crippen LogP contribution in [-0.2, 0) is 6.54 Å². The predicted molar refractivity (Wildman–Crippen MR) is 92.2 cm³/mol. The Hall–Kier alpha value is -2.31. The average molecular weight is 315 g/mol. The number of imidazole rings is 1. The summed E-state index contributed by atoms with van der Waals surface area (Å²) < 4.78 is 2.29. The van der Waals surface area contributed by atoms with Crippen molar-refractivity contribution in [1.29, 1.82) is 0 Å². The first-order chi connectivity index (χ1) is 11.2. The van der Waals surface area contributed by atoms with Crippen molar-refractivity contribution < 1.29 is 0 Å². The molecule has 1 fully saturated rings. The number of nitrogens with zero attached hydrogens (tertiary/aromatic N) is 5. The second-order valence-electron chi connectivity index (χ2n) is 6.13. The molecule has 124 valence electrons. The topological polar surface area (TPSA) is 98.9 Å². The van der Waals surface area contributed by atoms with Gasteiger partial charge in [0.25, 0.3) is 0 Å². The van der Waals surface area contributed by atoms with Gasteiger partial charge in [0.05, 0.1) is 0 Å². The lowest BCUT2D eigenvalue weighted by molar-refractivity contribution is 0.464. The van der Waals surface area contributed by atoms with Gasteiger partial charge in [-0.25, -0.2) is 4.98 Å². The normalized spacial score (nSPS) is 18.3. The highest BCUT2D eigenvalue weighted by Crippen LogP contribution is 2.29. The fourth-order valence-corrected chi connectivity index (χ4v) is 3.23. The van der Waals surface area contributed by atoms with E-state index in [0.717, 1.165) is 38.3 Å². The van der Waals surface area contributed by atoms with E-state index in [0.29, 0.717) is 11.7 Å². The minimum atomic E-state index is 0.228. The fourth-order valence-electron chi connectivity index (χ4n) is 3.23. The zero-order chi connectivity index (χ0) is 16.2. The lowest BCUT2D eigenvalue weighted by Crippen LogP contribution is -2.36. The van der Waals surface area contributed by atoms with Gasteiger partial charge in [-0.05, 0) is 19.3 Å². The number of nitrogen functional groups attached to an aromatic ring is 2. The molecule has 3 heterocycles. The summed E-state index contributed by atoms with van der Waals surface area (Å²) in [5, 5.41) is 0. The van der Waals surface area contributed by atoms with Crippen LogP contribution in [0.15, 0.2) is 18.5 Å². The standard InChI is InChI=1S/C16H25N7/c1-2-3-7-22-9-6-19-15(22)12-5-4-8-23(11-12)14-10-13(17)20-16(18)21-14/h6,9-10,12H,2-5,7-8,11H2,1H3,(H4,17,18,20,21). The molecule has 0 amide bonds. The maximum Gasteiger partial charge on any atom is 0.223 e. The second-order valence-corrected chi connectivity index (χ2v) is 6.13. The van der Waals surface area contributed by atoms with Crippen LogP contribution in [0.5, 0.6) is 0 Å². The molecule has 0 saturated carbocycles. The predicted octanol–water partition coefficient (Wildman–Crippen LogP) is 2.02. The molecular weight excluding hydrogens is 290 g/mol. The molecule has 4 N–H and O–H groups in total. The molecule has 0 bridgehead atoms. The summed E-state index contributed by atoms with van der Waals surface area (Å²) >= 11 is 0. The Morgan fingerprint density at radius 1 is 1.30 bits per heavy atom. The van der Waals surface area contributed by atoms with E-state index < -0.39 is 0 Å². The number of nitrogens with two attached hydrogens (primary N) is 2. The molecule has 7 nitrogen and oxygen atoms in total. The zero-order valence-electron chi connectivity index (χ0n) is 13.6. The number of unbranched alkanes of at least 4 members (excludes halogenated alkanes) is 1. The van der Waals surface area contributed by atoms with E-state index in [-0.39, 0.29) is 5.95 Å². The van der Waals surface area contributed by atoms with Gasteiger partial charge >= 0.3 is 0 Å². The van der Waals surface area contributed by atoms with Gasteiger partial charge in [-0.15, -0.1) is 0 Å². The molecule has 0 aliphatic carbocycles. The van der Waals surface area contributed by atoms with Gasteiger partial charge in [-0.3, -0.25) is 0 Å². The van der Waals surface area contributed by atoms with Crippen molar-refractivity contribution >= 4 is 17.6 Å². The van der Waals surface area contributed by atoms with Crippen LogP contribution in [0.4, 0.5) is 17.6 Å². The Bertz CT molecular complexity index is 631. The van der Waals surface area contributed by atoms with Crippen LogP contribution in [0, 0.1) is 0 Å². The molecular formula is C16H25N7. The van der Waals surface area contributed by atoms with E-state index in [1.165, 1.54) is 18.7 Å². The van der Waals surface area contributed by atoms with E-state index in [1.807, 2.05) is 6.20 Å². The van der Waals surface area contributed by atoms with Crippen LogP contribution in [-0.4, -0.2) is 32.6 Å². The SMILES string of the molecule is CCCCn1ccnc1C1CCCN(c2cc(N)nc(N)n2)C1. The first-order valence-corrected chi connectivity index (χ1v) is 8.33. The van der Waals surface area contributed by atoms with Gasteiger partial charge in [0, 0.05) is 44.0 Å². The molecule has 1 saturated heterocycles. The minimum absolute atomic E-state index is 0.228. The van der Waals surface area contributed by atoms with Gasteiger partial charge in [0.1, 0.15) is 17.5 Å². The largest absolute Gasteiger partial charge is 0.383 e. The van der Waals surface area contributed by atoms with Crippen LogP contribution in [0.1, 0.15) is 44.3 Å². The van der Waals surface area contributed by atoms with Crippen molar-refractivity contribution in [2.24, 2.45) is 0 Å². The van der Waals surface area contributed by atoms with Gasteiger partial charge in [-0.1, -0.05) is 13.3 Å². The van der Waals surface area contributed by atoms with Crippen molar-refractivity contribution in [3.8, 4) is 0 Å². The lowest BCUT2D eigenvalue weighted by Gasteiger charge is -2.33. The number of piperidine rings is 1. The summed E-state index contributed by atoms with van der Waals surface area (Å²) in [6, 6.07) is 1.79. The van der Waals surface area contributed by atoms with E-state index in [2.05, 4.69) is 37.5 Å². The Morgan fingerprint density at radius 2 is 2.17 bits per heavy atom. The highest BCUT2D eigenvalue weighted by Gasteiger charge is 2.25. The monoisotopic (exact) mass is 315 g/mol. The maximum absolute atomic E-state index is 5.80. The van der Waals surface area contributed by atoms with Crippen LogP contribution in [0.3, 0.4) is 0 Å². The average Bonchev–Trinajstić information content (AvgIpc) is 3.00. The molecule has 2 aromatic rings. The molecule has 1 unspecified atom stereocenters. The molecule has 2 aromatic heterocycles. The molecule has 1 aliphatic heterocycles. The van der Waals surface area contributed by atoms with Gasteiger partial charge < -0.3 is 20.9 Å². The summed E-state index contributed by atoms with van der Waals surface area (Å²) in [6.45, 7) is 5.10. The number of rotatable bonds is 5. The van der Waals surface area contributed by atoms with Crippen LogP contribution < -0.4 is 16.4 Å². The Labute approximate surface area is 136 Å². The van der Waals surface area contributed by atoms with Crippen LogP contribution in [0.25, 0.3) is 0 Å². The van der Waals surface area contributed by atoms with E-state index in [1.54, 1.807) is 6.07 Å². The summed E-state index contributed by atoms with van der Waals surface area (Å²) in [5.74, 6) is 3.04. The first-order valence-electron chi connectivity index (χ1n) is 8.33. The molecule has 1 atom stereocenters. The van der Waals surface area contributed by atoms with E-state index in [9.17, 15) is 0 Å². The van der Waals surface area contributed by atoms with Crippen LogP contribution >= 0.6 is 0 Å². The Balaban J connectivity index is 1.77. The number of hydrogen-bond acceptors (Lipinski definition) is 6. The molecule has 0 radical (unpaired) electrons. The van der Waals surface area contributed by atoms with Gasteiger partial charge in [0.15, 0.2) is 0 Å². The molecule has 0 spiro atoms. The van der Waals surface area contributed by atoms with Crippen molar-refractivity contribution in [3.05, 3.63) is 24.3 Å².